The third kappa shape index (κ3) is 3.98. The summed E-state index contributed by atoms with van der Waals surface area (Å²) in [5, 5.41) is 8.10. The number of hydrazone groups is 1. The maximum absolute atomic E-state index is 11.8. The predicted octanol–water partition coefficient (Wildman–Crippen LogP) is 3.49. The molecule has 0 aliphatic rings. The summed E-state index contributed by atoms with van der Waals surface area (Å²) in [6.45, 7) is 0.160. The van der Waals surface area contributed by atoms with Crippen LogP contribution in [-0.2, 0) is 4.79 Å². The molecule has 1 heterocycles. The van der Waals surface area contributed by atoms with Gasteiger partial charge in [-0.25, -0.2) is 5.43 Å². The van der Waals surface area contributed by atoms with E-state index in [2.05, 4.69) is 36.8 Å². The summed E-state index contributed by atoms with van der Waals surface area (Å²) < 4.78 is 0.996. The lowest BCUT2D eigenvalue weighted by molar-refractivity contribution is -0.119. The molecule has 0 aliphatic heterocycles. The fourth-order valence-electron chi connectivity index (χ4n) is 2.16. The van der Waals surface area contributed by atoms with Crippen LogP contribution in [0.2, 0.25) is 0 Å². The highest BCUT2D eigenvalue weighted by atomic mass is 79.9. The van der Waals surface area contributed by atoms with Crippen LogP contribution in [0.5, 0.6) is 0 Å². The highest BCUT2D eigenvalue weighted by Gasteiger charge is 2.01. The summed E-state index contributed by atoms with van der Waals surface area (Å²) in [7, 11) is 0. The van der Waals surface area contributed by atoms with Gasteiger partial charge in [0, 0.05) is 32.8 Å². The molecule has 1 amide bonds. The number of anilines is 1. The summed E-state index contributed by atoms with van der Waals surface area (Å²) in [5.41, 5.74) is 5.36. The molecule has 3 rings (SSSR count). The van der Waals surface area contributed by atoms with E-state index >= 15 is 0 Å². The molecule has 0 fully saturated rings. The Morgan fingerprint density at radius 2 is 1.96 bits per heavy atom. The van der Waals surface area contributed by atoms with Gasteiger partial charge < -0.3 is 10.3 Å². The van der Waals surface area contributed by atoms with Crippen molar-refractivity contribution >= 4 is 44.6 Å². The van der Waals surface area contributed by atoms with Crippen LogP contribution < -0.4 is 10.7 Å². The minimum absolute atomic E-state index is 0.160. The first-order chi connectivity index (χ1) is 11.2. The molecule has 116 valence electrons. The van der Waals surface area contributed by atoms with Crippen LogP contribution in [0.4, 0.5) is 5.69 Å². The molecular weight excluding hydrogens is 356 g/mol. The Labute approximate surface area is 141 Å². The van der Waals surface area contributed by atoms with E-state index in [0.29, 0.717) is 0 Å². The van der Waals surface area contributed by atoms with Gasteiger partial charge in [0.15, 0.2) is 0 Å². The Balaban J connectivity index is 1.53. The lowest BCUT2D eigenvalue weighted by Gasteiger charge is -2.04. The van der Waals surface area contributed by atoms with E-state index < -0.39 is 0 Å². The number of nitrogens with zero attached hydrogens (tertiary/aromatic N) is 1. The average molecular weight is 371 g/mol. The van der Waals surface area contributed by atoms with Gasteiger partial charge in [-0.15, -0.1) is 0 Å². The van der Waals surface area contributed by atoms with Crippen LogP contribution in [0.25, 0.3) is 10.9 Å². The minimum atomic E-state index is -0.205. The van der Waals surface area contributed by atoms with Gasteiger partial charge in [-0.1, -0.05) is 34.1 Å². The standard InChI is InChI=1S/C17H15BrN4O/c18-13-5-7-14(8-6-13)19-11-17(23)22-21-10-12-9-20-16-4-2-1-3-15(12)16/h1-10,19-20H,11H2,(H,22,23)/b21-10+. The number of carbonyl (C=O) groups excluding carboxylic acids is 1. The van der Waals surface area contributed by atoms with Crippen molar-refractivity contribution in [1.29, 1.82) is 0 Å². The van der Waals surface area contributed by atoms with Gasteiger partial charge in [-0.05, 0) is 30.3 Å². The zero-order chi connectivity index (χ0) is 16.1. The molecule has 0 saturated carbocycles. The number of aromatic nitrogens is 1. The number of H-pyrrole nitrogens is 1. The Hall–Kier alpha value is -2.60. The normalized spacial score (nSPS) is 11.0. The fraction of sp³-hybridized carbons (Fsp3) is 0.0588. The second kappa shape index (κ2) is 7.11. The molecule has 0 spiro atoms. The number of halogens is 1. The number of hydrogen-bond donors (Lipinski definition) is 3. The first-order valence-electron chi connectivity index (χ1n) is 7.10. The lowest BCUT2D eigenvalue weighted by Crippen LogP contribution is -2.25. The summed E-state index contributed by atoms with van der Waals surface area (Å²) in [6.07, 6.45) is 3.50. The Morgan fingerprint density at radius 3 is 2.78 bits per heavy atom. The monoisotopic (exact) mass is 370 g/mol. The van der Waals surface area contributed by atoms with Crippen molar-refractivity contribution in [1.82, 2.24) is 10.4 Å². The van der Waals surface area contributed by atoms with E-state index in [1.807, 2.05) is 54.7 Å². The van der Waals surface area contributed by atoms with E-state index in [-0.39, 0.29) is 12.5 Å². The molecule has 5 nitrogen and oxygen atoms in total. The number of hydrogen-bond acceptors (Lipinski definition) is 3. The molecule has 2 aromatic carbocycles. The van der Waals surface area contributed by atoms with Gasteiger partial charge >= 0.3 is 0 Å². The number of rotatable bonds is 5. The summed E-state index contributed by atoms with van der Waals surface area (Å²) in [6, 6.07) is 15.5. The zero-order valence-corrected chi connectivity index (χ0v) is 13.8. The summed E-state index contributed by atoms with van der Waals surface area (Å²) in [4.78, 5) is 14.9. The van der Waals surface area contributed by atoms with Gasteiger partial charge in [0.1, 0.15) is 0 Å². The second-order valence-electron chi connectivity index (χ2n) is 4.94. The SMILES string of the molecule is O=C(CNc1ccc(Br)cc1)N/N=C/c1c[nH]c2ccccc12. The number of fused-ring (bicyclic) bond motifs is 1. The third-order valence-electron chi connectivity index (χ3n) is 3.31. The highest BCUT2D eigenvalue weighted by molar-refractivity contribution is 9.10. The molecular formula is C17H15BrN4O. The number of amides is 1. The van der Waals surface area contributed by atoms with Gasteiger partial charge in [0.25, 0.3) is 5.91 Å². The summed E-state index contributed by atoms with van der Waals surface area (Å²) >= 11 is 3.37. The maximum atomic E-state index is 11.8. The Bertz CT molecular complexity index is 839. The summed E-state index contributed by atoms with van der Waals surface area (Å²) in [5.74, 6) is -0.205. The molecule has 3 N–H and O–H groups in total. The molecule has 0 atom stereocenters. The van der Waals surface area contributed by atoms with Crippen molar-refractivity contribution in [3.8, 4) is 0 Å². The van der Waals surface area contributed by atoms with Crippen molar-refractivity contribution in [3.63, 3.8) is 0 Å². The largest absolute Gasteiger partial charge is 0.376 e. The Morgan fingerprint density at radius 1 is 1.17 bits per heavy atom. The van der Waals surface area contributed by atoms with Crippen molar-refractivity contribution in [2.75, 3.05) is 11.9 Å². The van der Waals surface area contributed by atoms with Crippen LogP contribution in [-0.4, -0.2) is 23.7 Å². The van der Waals surface area contributed by atoms with E-state index in [1.54, 1.807) is 6.21 Å². The number of nitrogens with one attached hydrogen (secondary N) is 3. The molecule has 23 heavy (non-hydrogen) atoms. The van der Waals surface area contributed by atoms with Crippen LogP contribution in [0, 0.1) is 0 Å². The van der Waals surface area contributed by atoms with Crippen LogP contribution in [0.15, 0.2) is 64.3 Å². The van der Waals surface area contributed by atoms with Crippen LogP contribution in [0.3, 0.4) is 0 Å². The van der Waals surface area contributed by atoms with E-state index in [9.17, 15) is 4.79 Å². The molecule has 0 radical (unpaired) electrons. The van der Waals surface area contributed by atoms with Crippen LogP contribution >= 0.6 is 15.9 Å². The molecule has 1 aromatic heterocycles. The fourth-order valence-corrected chi connectivity index (χ4v) is 2.43. The topological polar surface area (TPSA) is 69.3 Å². The molecule has 6 heteroatoms. The first-order valence-corrected chi connectivity index (χ1v) is 7.89. The number of aromatic amines is 1. The second-order valence-corrected chi connectivity index (χ2v) is 5.86. The first kappa shape index (κ1) is 15.3. The molecule has 0 saturated heterocycles. The zero-order valence-electron chi connectivity index (χ0n) is 12.2. The smallest absolute Gasteiger partial charge is 0.259 e. The van der Waals surface area contributed by atoms with Gasteiger partial charge in [0.2, 0.25) is 0 Å². The number of para-hydroxylation sites is 1. The van der Waals surface area contributed by atoms with Gasteiger partial charge in [-0.2, -0.15) is 5.10 Å². The molecule has 0 bridgehead atoms. The number of carbonyl (C=O) groups is 1. The predicted molar refractivity (Wildman–Crippen MR) is 96.7 cm³/mol. The number of benzene rings is 2. The van der Waals surface area contributed by atoms with Crippen molar-refractivity contribution in [2.45, 2.75) is 0 Å². The third-order valence-corrected chi connectivity index (χ3v) is 3.84. The van der Waals surface area contributed by atoms with Crippen molar-refractivity contribution < 1.29 is 4.79 Å². The van der Waals surface area contributed by atoms with Crippen molar-refractivity contribution in [2.24, 2.45) is 5.10 Å². The molecule has 0 unspecified atom stereocenters. The van der Waals surface area contributed by atoms with E-state index in [4.69, 9.17) is 0 Å². The lowest BCUT2D eigenvalue weighted by atomic mass is 10.2. The average Bonchev–Trinajstić information content (AvgIpc) is 2.98. The van der Waals surface area contributed by atoms with Gasteiger partial charge in [0.05, 0.1) is 12.8 Å². The van der Waals surface area contributed by atoms with Crippen molar-refractivity contribution in [3.05, 3.63) is 64.8 Å². The highest BCUT2D eigenvalue weighted by Crippen LogP contribution is 2.15. The minimum Gasteiger partial charge on any atom is -0.376 e. The van der Waals surface area contributed by atoms with E-state index in [1.165, 1.54) is 0 Å². The van der Waals surface area contributed by atoms with E-state index in [0.717, 1.165) is 26.6 Å². The van der Waals surface area contributed by atoms with Gasteiger partial charge in [-0.3, -0.25) is 4.79 Å². The molecule has 0 aliphatic carbocycles. The molecule has 3 aromatic rings. The maximum Gasteiger partial charge on any atom is 0.259 e. The van der Waals surface area contributed by atoms with Crippen LogP contribution in [0.1, 0.15) is 5.56 Å². The Kier molecular flexibility index (Phi) is 4.73. The quantitative estimate of drug-likeness (QED) is 0.475.